The molecule has 0 bridgehead atoms. The zero-order valence-electron chi connectivity index (χ0n) is 14.2. The first-order valence-electron chi connectivity index (χ1n) is 7.98. The van der Waals surface area contributed by atoms with Crippen molar-refractivity contribution in [3.05, 3.63) is 47.3 Å². The fraction of sp³-hybridized carbons (Fsp3) is 0.444. The van der Waals surface area contributed by atoms with E-state index in [1.54, 1.807) is 11.6 Å². The van der Waals surface area contributed by atoms with E-state index in [0.717, 1.165) is 11.4 Å². The van der Waals surface area contributed by atoms with Gasteiger partial charge < -0.3 is 10.4 Å². The van der Waals surface area contributed by atoms with E-state index < -0.39 is 0 Å². The Kier molecular flexibility index (Phi) is 5.55. The number of para-hydroxylation sites is 1. The van der Waals surface area contributed by atoms with Gasteiger partial charge in [-0.1, -0.05) is 25.1 Å². The van der Waals surface area contributed by atoms with Gasteiger partial charge in [-0.25, -0.2) is 4.68 Å². The number of aromatic nitrogens is 2. The molecule has 2 aromatic rings. The Balaban J connectivity index is 2.14. The Morgan fingerprint density at radius 2 is 1.91 bits per heavy atom. The SMILES string of the molecule is Cc1nn(-c2ccccc2)c(C)c1C(=O)NCC(C)CC(C)O. The second kappa shape index (κ2) is 7.42. The van der Waals surface area contributed by atoms with Crippen molar-refractivity contribution in [2.24, 2.45) is 5.92 Å². The first-order valence-corrected chi connectivity index (χ1v) is 7.98. The summed E-state index contributed by atoms with van der Waals surface area (Å²) in [6.07, 6.45) is 0.313. The molecular formula is C18H25N3O2. The molecule has 23 heavy (non-hydrogen) atoms. The Morgan fingerprint density at radius 3 is 2.52 bits per heavy atom. The van der Waals surface area contributed by atoms with Crippen LogP contribution in [-0.2, 0) is 0 Å². The maximum absolute atomic E-state index is 12.5. The zero-order valence-corrected chi connectivity index (χ0v) is 14.2. The molecule has 0 saturated carbocycles. The highest BCUT2D eigenvalue weighted by molar-refractivity contribution is 5.96. The molecule has 0 spiro atoms. The summed E-state index contributed by atoms with van der Waals surface area (Å²) in [5.41, 5.74) is 3.11. The number of aliphatic hydroxyl groups is 1. The summed E-state index contributed by atoms with van der Waals surface area (Å²) >= 11 is 0. The molecule has 1 aromatic heterocycles. The van der Waals surface area contributed by atoms with Gasteiger partial charge in [0, 0.05) is 6.54 Å². The highest BCUT2D eigenvalue weighted by Gasteiger charge is 2.19. The van der Waals surface area contributed by atoms with E-state index in [9.17, 15) is 9.90 Å². The minimum absolute atomic E-state index is 0.111. The van der Waals surface area contributed by atoms with Crippen LogP contribution in [0.1, 0.15) is 42.0 Å². The molecule has 2 rings (SSSR count). The van der Waals surface area contributed by atoms with Gasteiger partial charge in [0.05, 0.1) is 28.7 Å². The van der Waals surface area contributed by atoms with Gasteiger partial charge in [0.25, 0.3) is 5.91 Å². The fourth-order valence-electron chi connectivity index (χ4n) is 2.81. The van der Waals surface area contributed by atoms with Crippen LogP contribution < -0.4 is 5.32 Å². The third-order valence-electron chi connectivity index (χ3n) is 3.87. The van der Waals surface area contributed by atoms with E-state index in [2.05, 4.69) is 10.4 Å². The number of amides is 1. The molecule has 2 unspecified atom stereocenters. The molecule has 1 aromatic carbocycles. The van der Waals surface area contributed by atoms with Crippen LogP contribution >= 0.6 is 0 Å². The molecule has 5 nitrogen and oxygen atoms in total. The van der Waals surface area contributed by atoms with Crippen LogP contribution in [0.25, 0.3) is 5.69 Å². The molecule has 0 saturated heterocycles. The second-order valence-electron chi connectivity index (χ2n) is 6.19. The summed E-state index contributed by atoms with van der Waals surface area (Å²) < 4.78 is 1.80. The molecule has 0 aliphatic carbocycles. The number of hydrogen-bond acceptors (Lipinski definition) is 3. The lowest BCUT2D eigenvalue weighted by molar-refractivity contribution is 0.0938. The molecule has 2 atom stereocenters. The minimum atomic E-state index is -0.355. The summed E-state index contributed by atoms with van der Waals surface area (Å²) in [7, 11) is 0. The number of aryl methyl sites for hydroxylation is 1. The average molecular weight is 315 g/mol. The topological polar surface area (TPSA) is 67.2 Å². The van der Waals surface area contributed by atoms with E-state index in [1.165, 1.54) is 0 Å². The van der Waals surface area contributed by atoms with Crippen LogP contribution in [-0.4, -0.2) is 33.4 Å². The summed E-state index contributed by atoms with van der Waals surface area (Å²) in [5.74, 6) is 0.114. The number of carbonyl (C=O) groups excluding carboxylic acids is 1. The van der Waals surface area contributed by atoms with Gasteiger partial charge in [0.1, 0.15) is 0 Å². The third kappa shape index (κ3) is 4.20. The number of carbonyl (C=O) groups is 1. The largest absolute Gasteiger partial charge is 0.393 e. The molecule has 0 aliphatic heterocycles. The normalized spacial score (nSPS) is 13.6. The van der Waals surface area contributed by atoms with Crippen molar-refractivity contribution >= 4 is 5.91 Å². The summed E-state index contributed by atoms with van der Waals surface area (Å²) in [5, 5.41) is 16.8. The van der Waals surface area contributed by atoms with Crippen LogP contribution in [0.5, 0.6) is 0 Å². The van der Waals surface area contributed by atoms with Crippen molar-refractivity contribution in [3.8, 4) is 5.69 Å². The van der Waals surface area contributed by atoms with E-state index in [0.29, 0.717) is 24.2 Å². The van der Waals surface area contributed by atoms with Crippen molar-refractivity contribution in [1.82, 2.24) is 15.1 Å². The number of rotatable bonds is 6. The van der Waals surface area contributed by atoms with Gasteiger partial charge in [-0.3, -0.25) is 4.79 Å². The highest BCUT2D eigenvalue weighted by atomic mass is 16.3. The first kappa shape index (κ1) is 17.2. The number of nitrogens with zero attached hydrogens (tertiary/aromatic N) is 2. The predicted octanol–water partition coefficient (Wildman–Crippen LogP) is 2.63. The van der Waals surface area contributed by atoms with Gasteiger partial charge in [-0.15, -0.1) is 0 Å². The quantitative estimate of drug-likeness (QED) is 0.861. The lowest BCUT2D eigenvalue weighted by atomic mass is 10.0. The smallest absolute Gasteiger partial charge is 0.255 e. The summed E-state index contributed by atoms with van der Waals surface area (Å²) in [6, 6.07) is 9.77. The lowest BCUT2D eigenvalue weighted by Crippen LogP contribution is -2.30. The Bertz CT molecular complexity index is 662. The van der Waals surface area contributed by atoms with Crippen molar-refractivity contribution in [3.63, 3.8) is 0 Å². The zero-order chi connectivity index (χ0) is 17.0. The lowest BCUT2D eigenvalue weighted by Gasteiger charge is -2.14. The Labute approximate surface area is 137 Å². The Hall–Kier alpha value is -2.14. The van der Waals surface area contributed by atoms with Gasteiger partial charge in [-0.05, 0) is 45.2 Å². The van der Waals surface area contributed by atoms with Crippen LogP contribution in [0.3, 0.4) is 0 Å². The van der Waals surface area contributed by atoms with Crippen molar-refractivity contribution in [1.29, 1.82) is 0 Å². The molecule has 124 valence electrons. The molecule has 1 amide bonds. The molecule has 2 N–H and O–H groups in total. The van der Waals surface area contributed by atoms with E-state index in [-0.39, 0.29) is 17.9 Å². The molecule has 5 heteroatoms. The second-order valence-corrected chi connectivity index (χ2v) is 6.19. The van der Waals surface area contributed by atoms with E-state index in [1.807, 2.05) is 51.1 Å². The number of hydrogen-bond donors (Lipinski definition) is 2. The van der Waals surface area contributed by atoms with Crippen LogP contribution in [0.15, 0.2) is 30.3 Å². The van der Waals surface area contributed by atoms with Gasteiger partial charge in [-0.2, -0.15) is 5.10 Å². The first-order chi connectivity index (χ1) is 10.9. The van der Waals surface area contributed by atoms with E-state index >= 15 is 0 Å². The van der Waals surface area contributed by atoms with Crippen LogP contribution in [0.4, 0.5) is 0 Å². The van der Waals surface area contributed by atoms with Gasteiger partial charge >= 0.3 is 0 Å². The van der Waals surface area contributed by atoms with Crippen LogP contribution in [0, 0.1) is 19.8 Å². The van der Waals surface area contributed by atoms with Gasteiger partial charge in [0.15, 0.2) is 0 Å². The van der Waals surface area contributed by atoms with Crippen LogP contribution in [0.2, 0.25) is 0 Å². The van der Waals surface area contributed by atoms with E-state index in [4.69, 9.17) is 0 Å². The number of benzene rings is 1. The molecule has 0 aliphatic rings. The summed E-state index contributed by atoms with van der Waals surface area (Å²) in [4.78, 5) is 12.5. The standard InChI is InChI=1S/C18H25N3O2/c1-12(10-13(2)22)11-19-18(23)17-14(3)20-21(15(17)4)16-8-6-5-7-9-16/h5-9,12-13,22H,10-11H2,1-4H3,(H,19,23). The Morgan fingerprint density at radius 1 is 1.26 bits per heavy atom. The maximum atomic E-state index is 12.5. The fourth-order valence-corrected chi connectivity index (χ4v) is 2.81. The maximum Gasteiger partial charge on any atom is 0.255 e. The average Bonchev–Trinajstić information content (AvgIpc) is 2.80. The number of nitrogens with one attached hydrogen (secondary N) is 1. The highest BCUT2D eigenvalue weighted by Crippen LogP contribution is 2.18. The minimum Gasteiger partial charge on any atom is -0.393 e. The van der Waals surface area contributed by atoms with Crippen molar-refractivity contribution in [2.45, 2.75) is 40.2 Å². The third-order valence-corrected chi connectivity index (χ3v) is 3.87. The summed E-state index contributed by atoms with van der Waals surface area (Å²) in [6.45, 7) is 8.07. The molecule has 0 radical (unpaired) electrons. The predicted molar refractivity (Wildman–Crippen MR) is 90.8 cm³/mol. The monoisotopic (exact) mass is 315 g/mol. The molecule has 1 heterocycles. The van der Waals surface area contributed by atoms with Crippen molar-refractivity contribution in [2.75, 3.05) is 6.54 Å². The van der Waals surface area contributed by atoms with Crippen molar-refractivity contribution < 1.29 is 9.90 Å². The number of aliphatic hydroxyl groups excluding tert-OH is 1. The molecular weight excluding hydrogens is 290 g/mol. The van der Waals surface area contributed by atoms with Gasteiger partial charge in [0.2, 0.25) is 0 Å². The molecule has 0 fully saturated rings.